The van der Waals surface area contributed by atoms with Crippen LogP contribution in [0.5, 0.6) is 0 Å². The van der Waals surface area contributed by atoms with Gasteiger partial charge in [-0.3, -0.25) is 9.59 Å². The van der Waals surface area contributed by atoms with E-state index in [1.807, 2.05) is 12.1 Å². The van der Waals surface area contributed by atoms with Crippen molar-refractivity contribution < 1.29 is 44.0 Å². The number of alkyl carbamates (subject to hydrolysis) is 1. The highest BCUT2D eigenvalue weighted by Crippen LogP contribution is 2.07. The van der Waals surface area contributed by atoms with E-state index in [0.29, 0.717) is 0 Å². The van der Waals surface area contributed by atoms with Crippen LogP contribution in [0.25, 0.3) is 0 Å². The topological polar surface area (TPSA) is 184 Å². The molecule has 12 heteroatoms. The largest absolute Gasteiger partial charge is 0.459 e. The fraction of sp³-hybridized carbons (Fsp3) is 0.385. The monoisotopic (exact) mass is 531 g/mol. The quantitative estimate of drug-likeness (QED) is 0.169. The second-order valence-electron chi connectivity index (χ2n) is 8.47. The van der Waals surface area contributed by atoms with Crippen LogP contribution in [-0.4, -0.2) is 77.1 Å². The smallest absolute Gasteiger partial charge is 0.408 e. The third kappa shape index (κ3) is 10.5. The molecule has 3 amide bonds. The highest BCUT2D eigenvalue weighted by molar-refractivity contribution is 5.86. The fourth-order valence-electron chi connectivity index (χ4n) is 3.14. The average molecular weight is 532 g/mol. The van der Waals surface area contributed by atoms with Crippen molar-refractivity contribution in [3.05, 3.63) is 71.8 Å². The Kier molecular flexibility index (Phi) is 12.7. The number of carbonyl (C=O) groups is 4. The van der Waals surface area contributed by atoms with Gasteiger partial charge < -0.3 is 40.7 Å². The lowest BCUT2D eigenvalue weighted by molar-refractivity contribution is -0.147. The summed E-state index contributed by atoms with van der Waals surface area (Å²) in [7, 11) is 0. The number of hydrogen-bond donors (Lipinski definition) is 6. The van der Waals surface area contributed by atoms with Crippen molar-refractivity contribution in [2.24, 2.45) is 0 Å². The number of carbonyl (C=O) groups excluding carboxylic acids is 4. The molecule has 0 fully saturated rings. The second kappa shape index (κ2) is 16.0. The van der Waals surface area contributed by atoms with Gasteiger partial charge >= 0.3 is 12.1 Å². The molecule has 2 aromatic rings. The van der Waals surface area contributed by atoms with E-state index in [9.17, 15) is 34.5 Å². The van der Waals surface area contributed by atoms with Crippen LogP contribution < -0.4 is 16.0 Å². The van der Waals surface area contributed by atoms with Crippen molar-refractivity contribution in [3.63, 3.8) is 0 Å². The lowest BCUT2D eigenvalue weighted by Crippen LogP contribution is -2.58. The molecule has 0 unspecified atom stereocenters. The number of aliphatic hydroxyl groups excluding tert-OH is 3. The highest BCUT2D eigenvalue weighted by Gasteiger charge is 2.30. The molecule has 0 spiro atoms. The molecule has 0 aliphatic rings. The summed E-state index contributed by atoms with van der Waals surface area (Å²) >= 11 is 0. The molecule has 0 saturated carbocycles. The molecule has 2 rings (SSSR count). The van der Waals surface area contributed by atoms with Crippen LogP contribution in [0, 0.1) is 0 Å². The standard InChI is InChI=1S/C26H33N3O9/c30-16-26(17-31,18-32)29-23(34)13-27-22(33)12-11-21(24(35)37-14-19-7-3-1-4-8-19)28-25(36)38-15-20-9-5-2-6-10-20/h1-10,21,30-32H,11-18H2,(H,27,33)(H,28,36)(H,29,34)/t21-/m0/s1. The molecular formula is C26H33N3O9. The predicted octanol–water partition coefficient (Wildman–Crippen LogP) is -0.247. The molecule has 12 nitrogen and oxygen atoms in total. The van der Waals surface area contributed by atoms with Crippen molar-refractivity contribution in [3.8, 4) is 0 Å². The summed E-state index contributed by atoms with van der Waals surface area (Å²) in [5.41, 5.74) is -0.143. The summed E-state index contributed by atoms with van der Waals surface area (Å²) in [5.74, 6) is -2.13. The van der Waals surface area contributed by atoms with Crippen LogP contribution in [0.15, 0.2) is 60.7 Å². The van der Waals surface area contributed by atoms with Crippen LogP contribution in [0.2, 0.25) is 0 Å². The first kappa shape index (κ1) is 30.2. The molecule has 0 saturated heterocycles. The van der Waals surface area contributed by atoms with Gasteiger partial charge in [0.1, 0.15) is 24.8 Å². The Bertz CT molecular complexity index is 1020. The Labute approximate surface area is 220 Å². The zero-order valence-electron chi connectivity index (χ0n) is 20.8. The maximum Gasteiger partial charge on any atom is 0.408 e. The molecule has 38 heavy (non-hydrogen) atoms. The van der Waals surface area contributed by atoms with Gasteiger partial charge in [0.25, 0.3) is 0 Å². The Morgan fingerprint density at radius 1 is 0.763 bits per heavy atom. The van der Waals surface area contributed by atoms with E-state index in [2.05, 4.69) is 16.0 Å². The number of amides is 3. The van der Waals surface area contributed by atoms with E-state index in [4.69, 9.17) is 9.47 Å². The molecular weight excluding hydrogens is 498 g/mol. The molecule has 0 aromatic heterocycles. The number of esters is 1. The molecule has 0 aliphatic heterocycles. The van der Waals surface area contributed by atoms with Crippen molar-refractivity contribution in [2.75, 3.05) is 26.4 Å². The Morgan fingerprint density at radius 3 is 1.82 bits per heavy atom. The van der Waals surface area contributed by atoms with Gasteiger partial charge in [-0.15, -0.1) is 0 Å². The minimum atomic E-state index is -1.63. The van der Waals surface area contributed by atoms with E-state index in [-0.39, 0.29) is 26.1 Å². The molecule has 2 aromatic carbocycles. The molecule has 0 aliphatic carbocycles. The van der Waals surface area contributed by atoms with Gasteiger partial charge in [-0.2, -0.15) is 0 Å². The van der Waals surface area contributed by atoms with Gasteiger partial charge in [-0.05, 0) is 17.5 Å². The van der Waals surface area contributed by atoms with Crippen molar-refractivity contribution >= 4 is 23.9 Å². The number of rotatable bonds is 15. The van der Waals surface area contributed by atoms with Gasteiger partial charge in [-0.25, -0.2) is 9.59 Å². The van der Waals surface area contributed by atoms with Gasteiger partial charge in [-0.1, -0.05) is 60.7 Å². The van der Waals surface area contributed by atoms with Crippen molar-refractivity contribution in [1.29, 1.82) is 0 Å². The highest BCUT2D eigenvalue weighted by atomic mass is 16.6. The maximum atomic E-state index is 12.7. The van der Waals surface area contributed by atoms with Crippen LogP contribution in [0.1, 0.15) is 24.0 Å². The summed E-state index contributed by atoms with van der Waals surface area (Å²) in [4.78, 5) is 49.4. The second-order valence-corrected chi connectivity index (χ2v) is 8.47. The number of aliphatic hydroxyl groups is 3. The van der Waals surface area contributed by atoms with Crippen molar-refractivity contribution in [1.82, 2.24) is 16.0 Å². The van der Waals surface area contributed by atoms with Gasteiger partial charge in [0.15, 0.2) is 0 Å². The number of ether oxygens (including phenoxy) is 2. The Hall–Kier alpha value is -4.00. The normalized spacial score (nSPS) is 11.7. The molecule has 206 valence electrons. The molecule has 6 N–H and O–H groups in total. The zero-order valence-corrected chi connectivity index (χ0v) is 20.8. The van der Waals surface area contributed by atoms with Crippen LogP contribution in [0.3, 0.4) is 0 Å². The van der Waals surface area contributed by atoms with Crippen LogP contribution >= 0.6 is 0 Å². The van der Waals surface area contributed by atoms with Crippen LogP contribution in [0.4, 0.5) is 4.79 Å². The SMILES string of the molecule is O=C(CC[C@H](NC(=O)OCc1ccccc1)C(=O)OCc1ccccc1)NCC(=O)NC(CO)(CO)CO. The third-order valence-electron chi connectivity index (χ3n) is 5.43. The lowest BCUT2D eigenvalue weighted by Gasteiger charge is -2.28. The Balaban J connectivity index is 1.90. The predicted molar refractivity (Wildman–Crippen MR) is 134 cm³/mol. The zero-order chi connectivity index (χ0) is 27.8. The average Bonchev–Trinajstić information content (AvgIpc) is 2.95. The van der Waals surface area contributed by atoms with Gasteiger partial charge in [0.05, 0.1) is 26.4 Å². The summed E-state index contributed by atoms with van der Waals surface area (Å²) < 4.78 is 10.5. The number of hydrogen-bond acceptors (Lipinski definition) is 9. The van der Waals surface area contributed by atoms with Crippen LogP contribution in [-0.2, 0) is 37.1 Å². The molecule has 0 bridgehead atoms. The number of benzene rings is 2. The number of nitrogens with one attached hydrogen (secondary N) is 3. The first-order valence-corrected chi connectivity index (χ1v) is 11.9. The lowest BCUT2D eigenvalue weighted by atomic mass is 10.0. The van der Waals surface area contributed by atoms with E-state index in [0.717, 1.165) is 11.1 Å². The molecule has 0 heterocycles. The van der Waals surface area contributed by atoms with E-state index in [1.165, 1.54) is 0 Å². The first-order chi connectivity index (χ1) is 18.3. The molecule has 0 radical (unpaired) electrons. The van der Waals surface area contributed by atoms with Crippen molar-refractivity contribution in [2.45, 2.75) is 37.6 Å². The van der Waals surface area contributed by atoms with E-state index in [1.54, 1.807) is 48.5 Å². The third-order valence-corrected chi connectivity index (χ3v) is 5.43. The molecule has 1 atom stereocenters. The minimum Gasteiger partial charge on any atom is -0.459 e. The van der Waals surface area contributed by atoms with Gasteiger partial charge in [0, 0.05) is 6.42 Å². The summed E-state index contributed by atoms with van der Waals surface area (Å²) in [6.45, 7) is -2.69. The summed E-state index contributed by atoms with van der Waals surface area (Å²) in [6, 6.07) is 16.6. The van der Waals surface area contributed by atoms with E-state index >= 15 is 0 Å². The summed E-state index contributed by atoms with van der Waals surface area (Å²) in [5, 5.41) is 34.9. The Morgan fingerprint density at radius 2 is 1.29 bits per heavy atom. The minimum absolute atomic E-state index is 0.0228. The van der Waals surface area contributed by atoms with E-state index < -0.39 is 61.8 Å². The fourth-order valence-corrected chi connectivity index (χ4v) is 3.14. The summed E-state index contributed by atoms with van der Waals surface area (Å²) in [6.07, 6.45) is -1.26. The maximum absolute atomic E-state index is 12.7. The van der Waals surface area contributed by atoms with Gasteiger partial charge in [0.2, 0.25) is 11.8 Å². The first-order valence-electron chi connectivity index (χ1n) is 11.9.